The molecule has 1 atom stereocenters. The fourth-order valence-electron chi connectivity index (χ4n) is 3.67. The summed E-state index contributed by atoms with van der Waals surface area (Å²) in [6.07, 6.45) is 6.87. The number of rotatable bonds is 5. The van der Waals surface area contributed by atoms with Crippen LogP contribution in [0.15, 0.2) is 24.3 Å². The summed E-state index contributed by atoms with van der Waals surface area (Å²) in [5.41, 5.74) is 3.35. The molecule has 1 nitrogen and oxygen atoms in total. The third-order valence-corrected chi connectivity index (χ3v) is 4.70. The fraction of sp³-hybridized carbons (Fsp3) is 0.647. The first-order valence-electron chi connectivity index (χ1n) is 7.52. The predicted molar refractivity (Wildman–Crippen MR) is 78.8 cm³/mol. The molecule has 1 aliphatic rings. The van der Waals surface area contributed by atoms with Crippen LogP contribution < -0.4 is 5.32 Å². The lowest BCUT2D eigenvalue weighted by Crippen LogP contribution is -2.36. The van der Waals surface area contributed by atoms with Gasteiger partial charge in [0.15, 0.2) is 0 Å². The van der Waals surface area contributed by atoms with Crippen molar-refractivity contribution >= 4 is 0 Å². The average molecular weight is 245 g/mol. The van der Waals surface area contributed by atoms with Crippen molar-refractivity contribution < 1.29 is 0 Å². The van der Waals surface area contributed by atoms with Gasteiger partial charge >= 0.3 is 0 Å². The van der Waals surface area contributed by atoms with Crippen LogP contribution in [0.2, 0.25) is 0 Å². The summed E-state index contributed by atoms with van der Waals surface area (Å²) in [7, 11) is 0. The molecule has 0 aliphatic heterocycles. The standard InChI is InChI=1S/C17H27N/c1-4-17(11-6-7-12-17)16(18-5-2)15-10-8-9-14(3)13-15/h8-10,13,16,18H,4-7,11-12H2,1-3H3. The highest BCUT2D eigenvalue weighted by Crippen LogP contribution is 2.50. The molecule has 18 heavy (non-hydrogen) atoms. The molecule has 1 aliphatic carbocycles. The molecule has 0 heterocycles. The first-order valence-corrected chi connectivity index (χ1v) is 7.52. The van der Waals surface area contributed by atoms with E-state index in [4.69, 9.17) is 0 Å². The molecule has 1 aromatic rings. The zero-order valence-electron chi connectivity index (χ0n) is 12.1. The smallest absolute Gasteiger partial charge is 0.0377 e. The Hall–Kier alpha value is -0.820. The Labute approximate surface area is 112 Å². The molecule has 1 fully saturated rings. The molecule has 0 aromatic heterocycles. The average Bonchev–Trinajstić information content (AvgIpc) is 2.85. The molecule has 1 heteroatoms. The molecule has 1 aromatic carbocycles. The Bertz CT molecular complexity index is 377. The summed E-state index contributed by atoms with van der Waals surface area (Å²) in [4.78, 5) is 0. The van der Waals surface area contributed by atoms with Crippen molar-refractivity contribution in [1.29, 1.82) is 0 Å². The van der Waals surface area contributed by atoms with E-state index >= 15 is 0 Å². The van der Waals surface area contributed by atoms with Crippen molar-refractivity contribution in [2.24, 2.45) is 5.41 Å². The normalized spacial score (nSPS) is 19.9. The number of hydrogen-bond acceptors (Lipinski definition) is 1. The largest absolute Gasteiger partial charge is 0.310 e. The Morgan fingerprint density at radius 2 is 1.94 bits per heavy atom. The van der Waals surface area contributed by atoms with Crippen LogP contribution in [0, 0.1) is 12.3 Å². The van der Waals surface area contributed by atoms with Gasteiger partial charge in [-0.3, -0.25) is 0 Å². The van der Waals surface area contributed by atoms with Crippen molar-refractivity contribution in [3.05, 3.63) is 35.4 Å². The maximum atomic E-state index is 3.76. The van der Waals surface area contributed by atoms with Gasteiger partial charge in [-0.05, 0) is 43.7 Å². The molecular weight excluding hydrogens is 218 g/mol. The Morgan fingerprint density at radius 3 is 2.50 bits per heavy atom. The Balaban J connectivity index is 2.32. The third kappa shape index (κ3) is 2.61. The van der Waals surface area contributed by atoms with E-state index in [2.05, 4.69) is 50.4 Å². The number of aryl methyl sites for hydroxylation is 1. The second-order valence-corrected chi connectivity index (χ2v) is 5.83. The third-order valence-electron chi connectivity index (χ3n) is 4.70. The SMILES string of the molecule is CCNC(c1cccc(C)c1)C1(CC)CCCC1. The first-order chi connectivity index (χ1) is 8.72. The summed E-state index contributed by atoms with van der Waals surface area (Å²) in [6, 6.07) is 9.60. The molecular formula is C17H27N. The van der Waals surface area contributed by atoms with Gasteiger partial charge in [0.25, 0.3) is 0 Å². The topological polar surface area (TPSA) is 12.0 Å². The molecule has 2 rings (SSSR count). The van der Waals surface area contributed by atoms with E-state index in [1.165, 1.54) is 43.2 Å². The van der Waals surface area contributed by atoms with Crippen LogP contribution >= 0.6 is 0 Å². The minimum atomic E-state index is 0.490. The van der Waals surface area contributed by atoms with Gasteiger partial charge in [-0.25, -0.2) is 0 Å². The number of benzene rings is 1. The van der Waals surface area contributed by atoms with Gasteiger partial charge in [-0.15, -0.1) is 0 Å². The quantitative estimate of drug-likeness (QED) is 0.798. The lowest BCUT2D eigenvalue weighted by atomic mass is 9.73. The van der Waals surface area contributed by atoms with E-state index < -0.39 is 0 Å². The zero-order valence-corrected chi connectivity index (χ0v) is 12.1. The maximum Gasteiger partial charge on any atom is 0.0377 e. The van der Waals surface area contributed by atoms with E-state index in [1.54, 1.807) is 0 Å². The van der Waals surface area contributed by atoms with Gasteiger partial charge in [0.2, 0.25) is 0 Å². The highest BCUT2D eigenvalue weighted by atomic mass is 14.9. The monoisotopic (exact) mass is 245 g/mol. The van der Waals surface area contributed by atoms with Crippen LogP contribution in [0.4, 0.5) is 0 Å². The van der Waals surface area contributed by atoms with Gasteiger partial charge in [0, 0.05) is 6.04 Å². The number of nitrogens with one attached hydrogen (secondary N) is 1. The van der Waals surface area contributed by atoms with Crippen molar-refractivity contribution in [3.63, 3.8) is 0 Å². The molecule has 0 spiro atoms. The molecule has 1 unspecified atom stereocenters. The summed E-state index contributed by atoms with van der Waals surface area (Å²) in [6.45, 7) is 7.84. The van der Waals surface area contributed by atoms with Crippen molar-refractivity contribution in [1.82, 2.24) is 5.32 Å². The second kappa shape index (κ2) is 5.88. The second-order valence-electron chi connectivity index (χ2n) is 5.83. The minimum absolute atomic E-state index is 0.490. The van der Waals surface area contributed by atoms with E-state index in [0.29, 0.717) is 11.5 Å². The summed E-state index contributed by atoms with van der Waals surface area (Å²) >= 11 is 0. The van der Waals surface area contributed by atoms with E-state index in [0.717, 1.165) is 6.54 Å². The number of hydrogen-bond donors (Lipinski definition) is 1. The zero-order chi connectivity index (χ0) is 13.0. The summed E-state index contributed by atoms with van der Waals surface area (Å²) in [5, 5.41) is 3.76. The predicted octanol–water partition coefficient (Wildman–Crippen LogP) is 4.62. The molecule has 1 saturated carbocycles. The van der Waals surface area contributed by atoms with Crippen LogP contribution in [0.5, 0.6) is 0 Å². The molecule has 0 saturated heterocycles. The van der Waals surface area contributed by atoms with Crippen LogP contribution in [0.3, 0.4) is 0 Å². The lowest BCUT2D eigenvalue weighted by molar-refractivity contribution is 0.189. The van der Waals surface area contributed by atoms with E-state index in [-0.39, 0.29) is 0 Å². The molecule has 0 bridgehead atoms. The maximum absolute atomic E-state index is 3.76. The molecule has 0 radical (unpaired) electrons. The van der Waals surface area contributed by atoms with Gasteiger partial charge in [0.05, 0.1) is 0 Å². The molecule has 0 amide bonds. The van der Waals surface area contributed by atoms with Crippen molar-refractivity contribution in [3.8, 4) is 0 Å². The summed E-state index contributed by atoms with van der Waals surface area (Å²) < 4.78 is 0. The van der Waals surface area contributed by atoms with E-state index in [1.807, 2.05) is 0 Å². The highest BCUT2D eigenvalue weighted by molar-refractivity contribution is 5.27. The Kier molecular flexibility index (Phi) is 4.45. The highest BCUT2D eigenvalue weighted by Gasteiger charge is 2.39. The van der Waals surface area contributed by atoms with E-state index in [9.17, 15) is 0 Å². The molecule has 1 N–H and O–H groups in total. The van der Waals surface area contributed by atoms with Crippen LogP contribution in [0.1, 0.15) is 63.1 Å². The molecule has 100 valence electrons. The van der Waals surface area contributed by atoms with Gasteiger partial charge < -0.3 is 5.32 Å². The first kappa shape index (κ1) is 13.6. The lowest BCUT2D eigenvalue weighted by Gasteiger charge is -2.38. The van der Waals surface area contributed by atoms with Gasteiger partial charge in [-0.1, -0.05) is 56.5 Å². The van der Waals surface area contributed by atoms with Crippen LogP contribution in [-0.4, -0.2) is 6.54 Å². The van der Waals surface area contributed by atoms with Crippen molar-refractivity contribution in [2.75, 3.05) is 6.54 Å². The summed E-state index contributed by atoms with van der Waals surface area (Å²) in [5.74, 6) is 0. The van der Waals surface area contributed by atoms with Gasteiger partial charge in [0.1, 0.15) is 0 Å². The fourth-order valence-corrected chi connectivity index (χ4v) is 3.67. The van der Waals surface area contributed by atoms with Crippen LogP contribution in [-0.2, 0) is 0 Å². The Morgan fingerprint density at radius 1 is 1.22 bits per heavy atom. The minimum Gasteiger partial charge on any atom is -0.310 e. The van der Waals surface area contributed by atoms with Gasteiger partial charge in [-0.2, -0.15) is 0 Å². The van der Waals surface area contributed by atoms with Crippen LogP contribution in [0.25, 0.3) is 0 Å². The van der Waals surface area contributed by atoms with Crippen molar-refractivity contribution in [2.45, 2.75) is 58.9 Å².